The van der Waals surface area contributed by atoms with Gasteiger partial charge in [-0.1, -0.05) is 15.9 Å². The number of halogens is 1. The number of rotatable bonds is 3. The van der Waals surface area contributed by atoms with Gasteiger partial charge >= 0.3 is 6.09 Å². The molecule has 0 unspecified atom stereocenters. The Morgan fingerprint density at radius 3 is 2.60 bits per heavy atom. The summed E-state index contributed by atoms with van der Waals surface area (Å²) in [7, 11) is 0. The molecule has 6 nitrogen and oxygen atoms in total. The third-order valence-electron chi connectivity index (χ3n) is 3.87. The number of carbonyl (C=O) groups is 2. The first kappa shape index (κ1) is 19.7. The van der Waals surface area contributed by atoms with Crippen LogP contribution in [0, 0.1) is 6.92 Å². The Balaban J connectivity index is 2.24. The predicted molar refractivity (Wildman–Crippen MR) is 99.7 cm³/mol. The zero-order valence-electron chi connectivity index (χ0n) is 15.1. The molecule has 138 valence electrons. The summed E-state index contributed by atoms with van der Waals surface area (Å²) >= 11 is 3.45. The maximum absolute atomic E-state index is 12.6. The number of aryl methyl sites for hydroxylation is 1. The lowest BCUT2D eigenvalue weighted by molar-refractivity contribution is -0.122. The molecule has 1 aliphatic heterocycles. The van der Waals surface area contributed by atoms with Gasteiger partial charge in [-0.15, -0.1) is 0 Å². The lowest BCUT2D eigenvalue weighted by Crippen LogP contribution is -2.59. The number of hydrogen-bond donors (Lipinski definition) is 1. The van der Waals surface area contributed by atoms with Crippen molar-refractivity contribution in [1.82, 2.24) is 4.90 Å². The molecule has 2 amide bonds. The van der Waals surface area contributed by atoms with Gasteiger partial charge in [-0.3, -0.25) is 9.69 Å². The van der Waals surface area contributed by atoms with E-state index in [-0.39, 0.29) is 25.1 Å². The molecule has 1 saturated heterocycles. The number of piperazine rings is 1. The minimum Gasteiger partial charge on any atom is -0.444 e. The number of amides is 2. The van der Waals surface area contributed by atoms with Crippen LogP contribution in [0.5, 0.6) is 0 Å². The summed E-state index contributed by atoms with van der Waals surface area (Å²) in [5.41, 5.74) is 1.18. The maximum atomic E-state index is 12.6. The highest BCUT2D eigenvalue weighted by Crippen LogP contribution is 2.27. The molecule has 25 heavy (non-hydrogen) atoms. The van der Waals surface area contributed by atoms with Crippen LogP contribution in [0.2, 0.25) is 0 Å². The van der Waals surface area contributed by atoms with Gasteiger partial charge in [0.25, 0.3) is 0 Å². The molecule has 1 fully saturated rings. The Morgan fingerprint density at radius 1 is 1.36 bits per heavy atom. The van der Waals surface area contributed by atoms with Gasteiger partial charge in [-0.05, 0) is 57.9 Å². The fraction of sp³-hybridized carbons (Fsp3) is 0.556. The number of aliphatic hydroxyl groups is 1. The van der Waals surface area contributed by atoms with Gasteiger partial charge in [0.15, 0.2) is 0 Å². The van der Waals surface area contributed by atoms with Crippen molar-refractivity contribution in [3.8, 4) is 0 Å². The smallest absolute Gasteiger partial charge is 0.411 e. The number of hydrogen-bond acceptors (Lipinski definition) is 4. The molecular formula is C18H25BrN2O4. The van der Waals surface area contributed by atoms with Gasteiger partial charge in [0.1, 0.15) is 12.1 Å². The summed E-state index contributed by atoms with van der Waals surface area (Å²) in [6.07, 6.45) is -0.139. The van der Waals surface area contributed by atoms with Crippen LogP contribution >= 0.6 is 15.9 Å². The first-order valence-corrected chi connectivity index (χ1v) is 9.08. The molecule has 2 rings (SSSR count). The molecule has 1 atom stereocenters. The summed E-state index contributed by atoms with van der Waals surface area (Å²) in [5, 5.41) is 9.37. The molecule has 0 aliphatic carbocycles. The van der Waals surface area contributed by atoms with E-state index in [0.717, 1.165) is 15.7 Å². The highest BCUT2D eigenvalue weighted by Gasteiger charge is 2.37. The van der Waals surface area contributed by atoms with Crippen molar-refractivity contribution in [2.75, 3.05) is 24.6 Å². The van der Waals surface area contributed by atoms with E-state index in [9.17, 15) is 14.7 Å². The number of anilines is 1. The zero-order valence-corrected chi connectivity index (χ0v) is 16.7. The van der Waals surface area contributed by atoms with Crippen molar-refractivity contribution in [2.24, 2.45) is 0 Å². The monoisotopic (exact) mass is 412 g/mol. The molecular weight excluding hydrogens is 388 g/mol. The SMILES string of the molecule is Cc1cc(Br)cc(N2C[C@H](CCO)N(C(=O)OC(C)(C)C)CC2=O)c1. The topological polar surface area (TPSA) is 70.1 Å². The van der Waals surface area contributed by atoms with Crippen molar-refractivity contribution in [1.29, 1.82) is 0 Å². The molecule has 0 saturated carbocycles. The van der Waals surface area contributed by atoms with E-state index in [1.807, 2.05) is 25.1 Å². The highest BCUT2D eigenvalue weighted by molar-refractivity contribution is 9.10. The number of carbonyl (C=O) groups excluding carboxylic acids is 2. The molecule has 0 bridgehead atoms. The second kappa shape index (κ2) is 7.74. The van der Waals surface area contributed by atoms with Crippen LogP contribution in [0.25, 0.3) is 0 Å². The quantitative estimate of drug-likeness (QED) is 0.827. The highest BCUT2D eigenvalue weighted by atomic mass is 79.9. The van der Waals surface area contributed by atoms with Crippen LogP contribution in [0.15, 0.2) is 22.7 Å². The largest absolute Gasteiger partial charge is 0.444 e. The summed E-state index contributed by atoms with van der Waals surface area (Å²) < 4.78 is 6.30. The molecule has 1 N–H and O–H groups in total. The van der Waals surface area contributed by atoms with Crippen LogP contribution in [-0.4, -0.2) is 53.3 Å². The standard InChI is InChI=1S/C18H25BrN2O4/c1-12-7-13(19)9-15(8-12)20-10-14(5-6-22)21(11-16(20)23)17(24)25-18(2,3)4/h7-9,14,22H,5-6,10-11H2,1-4H3/t14-/m0/s1. The number of nitrogens with zero attached hydrogens (tertiary/aromatic N) is 2. The number of benzene rings is 1. The summed E-state index contributed by atoms with van der Waals surface area (Å²) in [6.45, 7) is 7.51. The Kier molecular flexibility index (Phi) is 6.11. The summed E-state index contributed by atoms with van der Waals surface area (Å²) in [5.74, 6) is -0.169. The molecule has 0 spiro atoms. The van der Waals surface area contributed by atoms with E-state index < -0.39 is 11.7 Å². The minimum atomic E-state index is -0.636. The molecule has 7 heteroatoms. The second-order valence-corrected chi connectivity index (χ2v) is 8.18. The average Bonchev–Trinajstić information content (AvgIpc) is 2.46. The third-order valence-corrected chi connectivity index (χ3v) is 4.33. The van der Waals surface area contributed by atoms with E-state index in [4.69, 9.17) is 4.74 Å². The third kappa shape index (κ3) is 5.19. The molecule has 0 radical (unpaired) electrons. The van der Waals surface area contributed by atoms with E-state index in [2.05, 4.69) is 15.9 Å². The van der Waals surface area contributed by atoms with Crippen LogP contribution in [0.1, 0.15) is 32.8 Å². The van der Waals surface area contributed by atoms with Crippen LogP contribution in [0.4, 0.5) is 10.5 Å². The molecule has 1 aliphatic rings. The van der Waals surface area contributed by atoms with Gasteiger partial charge in [0.2, 0.25) is 5.91 Å². The van der Waals surface area contributed by atoms with Crippen LogP contribution < -0.4 is 4.90 Å². The van der Waals surface area contributed by atoms with Gasteiger partial charge in [-0.25, -0.2) is 4.79 Å². The van der Waals surface area contributed by atoms with Crippen LogP contribution in [0.3, 0.4) is 0 Å². The predicted octanol–water partition coefficient (Wildman–Crippen LogP) is 3.09. The van der Waals surface area contributed by atoms with E-state index in [0.29, 0.717) is 13.0 Å². The van der Waals surface area contributed by atoms with Crippen LogP contribution in [-0.2, 0) is 9.53 Å². The first-order valence-electron chi connectivity index (χ1n) is 8.29. The molecule has 1 aromatic carbocycles. The Hall–Kier alpha value is -1.60. The number of aliphatic hydroxyl groups excluding tert-OH is 1. The minimum absolute atomic E-state index is 0.0643. The van der Waals surface area contributed by atoms with Crippen molar-refractivity contribution in [3.63, 3.8) is 0 Å². The lowest BCUT2D eigenvalue weighted by Gasteiger charge is -2.41. The van der Waals surface area contributed by atoms with Crippen molar-refractivity contribution in [2.45, 2.75) is 45.8 Å². The van der Waals surface area contributed by atoms with E-state index in [1.165, 1.54) is 4.90 Å². The van der Waals surface area contributed by atoms with Gasteiger partial charge in [0, 0.05) is 23.3 Å². The summed E-state index contributed by atoms with van der Waals surface area (Å²) in [6, 6.07) is 5.49. The van der Waals surface area contributed by atoms with Gasteiger partial charge in [-0.2, -0.15) is 0 Å². The Labute approximate surface area is 156 Å². The normalized spacial score (nSPS) is 18.5. The Bertz CT molecular complexity index is 637. The lowest BCUT2D eigenvalue weighted by atomic mass is 10.1. The van der Waals surface area contributed by atoms with Crippen molar-refractivity contribution < 1.29 is 19.4 Å². The van der Waals surface area contributed by atoms with Crippen molar-refractivity contribution >= 4 is 33.6 Å². The fourth-order valence-corrected chi connectivity index (χ4v) is 3.42. The average molecular weight is 413 g/mol. The molecule has 1 heterocycles. The second-order valence-electron chi connectivity index (χ2n) is 7.27. The van der Waals surface area contributed by atoms with E-state index >= 15 is 0 Å². The van der Waals surface area contributed by atoms with Gasteiger partial charge < -0.3 is 14.7 Å². The van der Waals surface area contributed by atoms with Gasteiger partial charge in [0.05, 0.1) is 6.04 Å². The molecule has 0 aromatic heterocycles. The number of ether oxygens (including phenoxy) is 1. The summed E-state index contributed by atoms with van der Waals surface area (Å²) in [4.78, 5) is 28.2. The fourth-order valence-electron chi connectivity index (χ4n) is 2.82. The first-order chi connectivity index (χ1) is 11.6. The Morgan fingerprint density at radius 2 is 2.04 bits per heavy atom. The van der Waals surface area contributed by atoms with Crippen molar-refractivity contribution in [3.05, 3.63) is 28.2 Å². The zero-order chi connectivity index (χ0) is 18.8. The van der Waals surface area contributed by atoms with E-state index in [1.54, 1.807) is 25.7 Å². The molecule has 1 aromatic rings. The maximum Gasteiger partial charge on any atom is 0.411 e.